The van der Waals surface area contributed by atoms with E-state index < -0.39 is 71.9 Å². The third-order valence-corrected chi connectivity index (χ3v) is 4.49. The highest BCUT2D eigenvalue weighted by Crippen LogP contribution is 2.05. The highest BCUT2D eigenvalue weighted by molar-refractivity contribution is 5.94. The Balaban J connectivity index is 5.63. The minimum Gasteiger partial charge on any atom is -0.480 e. The minimum atomic E-state index is -1.71. The Morgan fingerprint density at radius 1 is 0.727 bits per heavy atom. The van der Waals surface area contributed by atoms with E-state index in [1.165, 1.54) is 6.92 Å². The first-order valence-corrected chi connectivity index (χ1v) is 9.99. The van der Waals surface area contributed by atoms with Gasteiger partial charge in [-0.25, -0.2) is 4.79 Å². The van der Waals surface area contributed by atoms with Crippen molar-refractivity contribution in [3.8, 4) is 0 Å². The van der Waals surface area contributed by atoms with Gasteiger partial charge in [0.1, 0.15) is 18.1 Å². The van der Waals surface area contributed by atoms with Crippen molar-refractivity contribution in [3.63, 3.8) is 0 Å². The van der Waals surface area contributed by atoms with Crippen LogP contribution in [0.1, 0.15) is 39.5 Å². The van der Waals surface area contributed by atoms with Gasteiger partial charge in [-0.3, -0.25) is 24.0 Å². The molecule has 0 saturated carbocycles. The highest BCUT2D eigenvalue weighted by atomic mass is 16.4. The Morgan fingerprint density at radius 2 is 1.12 bits per heavy atom. The second kappa shape index (κ2) is 14.0. The molecule has 0 saturated heterocycles. The Bertz CT molecular complexity index is 743. The van der Waals surface area contributed by atoms with Crippen LogP contribution in [0, 0.1) is 0 Å². The van der Waals surface area contributed by atoms with Crippen LogP contribution in [-0.4, -0.2) is 87.2 Å². The maximum absolute atomic E-state index is 12.8. The van der Waals surface area contributed by atoms with Gasteiger partial charge in [0.05, 0.1) is 12.2 Å². The molecular formula is C18H32N6O9. The molecule has 0 aromatic heterocycles. The number of aliphatic carboxylic acids is 1. The van der Waals surface area contributed by atoms with E-state index >= 15 is 0 Å². The van der Waals surface area contributed by atoms with Crippen LogP contribution in [0.25, 0.3) is 0 Å². The molecule has 33 heavy (non-hydrogen) atoms. The van der Waals surface area contributed by atoms with E-state index in [9.17, 15) is 39.0 Å². The maximum atomic E-state index is 12.8. The summed E-state index contributed by atoms with van der Waals surface area (Å²) in [6.45, 7) is 2.37. The van der Waals surface area contributed by atoms with E-state index in [1.807, 2.05) is 5.32 Å². The predicted molar refractivity (Wildman–Crippen MR) is 112 cm³/mol. The molecule has 0 heterocycles. The third kappa shape index (κ3) is 11.2. The molecule has 0 radical (unpaired) electrons. The van der Waals surface area contributed by atoms with Crippen LogP contribution in [0.4, 0.5) is 0 Å². The topological polar surface area (TPSA) is 277 Å². The maximum Gasteiger partial charge on any atom is 0.328 e. The van der Waals surface area contributed by atoms with Gasteiger partial charge in [0.15, 0.2) is 6.04 Å². The number of aliphatic hydroxyl groups excluding tert-OH is 2. The van der Waals surface area contributed by atoms with Gasteiger partial charge in [0.2, 0.25) is 29.5 Å². The molecule has 0 aliphatic carbocycles. The number of nitrogens with one attached hydrogen (secondary N) is 3. The normalized spacial score (nSPS) is 16.3. The quantitative estimate of drug-likeness (QED) is 0.109. The molecule has 12 N–H and O–H groups in total. The highest BCUT2D eigenvalue weighted by Gasteiger charge is 2.32. The van der Waals surface area contributed by atoms with Gasteiger partial charge in [-0.2, -0.15) is 0 Å². The van der Waals surface area contributed by atoms with Crippen LogP contribution in [0.3, 0.4) is 0 Å². The van der Waals surface area contributed by atoms with E-state index in [0.29, 0.717) is 0 Å². The second-order valence-corrected chi connectivity index (χ2v) is 7.46. The SMILES string of the molecule is CC(O)C(N)C(=O)NC(CCC(N)=O)C(=O)NC(CCC(N)=O)C(=O)NC(C(=O)O)C(C)O. The minimum absolute atomic E-state index is 0.283. The van der Waals surface area contributed by atoms with Gasteiger partial charge < -0.3 is 48.5 Å². The van der Waals surface area contributed by atoms with E-state index in [1.54, 1.807) is 0 Å². The van der Waals surface area contributed by atoms with Crippen LogP contribution in [0.5, 0.6) is 0 Å². The summed E-state index contributed by atoms with van der Waals surface area (Å²) in [6.07, 6.45) is -4.05. The van der Waals surface area contributed by atoms with Crippen LogP contribution in [0.2, 0.25) is 0 Å². The Hall–Kier alpha value is -3.30. The molecular weight excluding hydrogens is 444 g/mol. The van der Waals surface area contributed by atoms with E-state index in [-0.39, 0.29) is 25.7 Å². The lowest BCUT2D eigenvalue weighted by Crippen LogP contribution is -2.59. The van der Waals surface area contributed by atoms with Crippen LogP contribution >= 0.6 is 0 Å². The summed E-state index contributed by atoms with van der Waals surface area (Å²) in [5, 5.41) is 34.6. The number of primary amides is 2. The van der Waals surface area contributed by atoms with Gasteiger partial charge in [-0.15, -0.1) is 0 Å². The molecule has 0 bridgehead atoms. The first-order valence-electron chi connectivity index (χ1n) is 9.99. The molecule has 15 heteroatoms. The molecule has 0 spiro atoms. The molecule has 15 nitrogen and oxygen atoms in total. The zero-order chi connectivity index (χ0) is 25.9. The summed E-state index contributed by atoms with van der Waals surface area (Å²) in [7, 11) is 0. The molecule has 0 aliphatic rings. The standard InChI is InChI=1S/C18H32N6O9/c1-7(25)13(21)17(31)23-9(3-5-11(19)27)15(29)22-10(4-6-12(20)28)16(30)24-14(8(2)26)18(32)33/h7-10,13-14,25-26H,3-6,21H2,1-2H3,(H2,19,27)(H2,20,28)(H,22,29)(H,23,31)(H,24,30)(H,32,33). The van der Waals surface area contributed by atoms with Crippen molar-refractivity contribution in [2.45, 2.75) is 75.9 Å². The van der Waals surface area contributed by atoms with E-state index in [0.717, 1.165) is 6.92 Å². The Morgan fingerprint density at radius 3 is 1.45 bits per heavy atom. The predicted octanol–water partition coefficient (Wildman–Crippen LogP) is -4.85. The number of amides is 5. The van der Waals surface area contributed by atoms with Crippen LogP contribution in [-0.2, 0) is 28.8 Å². The van der Waals surface area contributed by atoms with Gasteiger partial charge in [-0.1, -0.05) is 0 Å². The number of aliphatic hydroxyl groups is 2. The largest absolute Gasteiger partial charge is 0.480 e. The molecule has 0 aliphatic heterocycles. The first-order chi connectivity index (χ1) is 15.2. The lowest BCUT2D eigenvalue weighted by atomic mass is 10.1. The van der Waals surface area contributed by atoms with Crippen molar-refractivity contribution in [1.29, 1.82) is 0 Å². The monoisotopic (exact) mass is 476 g/mol. The third-order valence-electron chi connectivity index (χ3n) is 4.49. The van der Waals surface area contributed by atoms with Gasteiger partial charge in [0, 0.05) is 12.8 Å². The zero-order valence-corrected chi connectivity index (χ0v) is 18.3. The lowest BCUT2D eigenvalue weighted by molar-refractivity contribution is -0.145. The summed E-state index contributed by atoms with van der Waals surface area (Å²) < 4.78 is 0. The molecule has 0 aromatic carbocycles. The fraction of sp³-hybridized carbons (Fsp3) is 0.667. The van der Waals surface area contributed by atoms with Crippen molar-refractivity contribution >= 4 is 35.5 Å². The number of carbonyl (C=O) groups excluding carboxylic acids is 5. The van der Waals surface area contributed by atoms with Crippen LogP contribution in [0.15, 0.2) is 0 Å². The summed E-state index contributed by atoms with van der Waals surface area (Å²) in [5.41, 5.74) is 15.7. The van der Waals surface area contributed by atoms with Crippen molar-refractivity contribution in [2.24, 2.45) is 17.2 Å². The van der Waals surface area contributed by atoms with Gasteiger partial charge in [0.25, 0.3) is 0 Å². The van der Waals surface area contributed by atoms with Crippen molar-refractivity contribution in [2.75, 3.05) is 0 Å². The van der Waals surface area contributed by atoms with Crippen molar-refractivity contribution in [1.82, 2.24) is 16.0 Å². The Labute approximate surface area is 189 Å². The fourth-order valence-corrected chi connectivity index (χ4v) is 2.51. The Kier molecular flexibility index (Phi) is 12.6. The smallest absolute Gasteiger partial charge is 0.328 e. The number of carboxylic acid groups (broad SMARTS) is 1. The molecule has 6 atom stereocenters. The van der Waals surface area contributed by atoms with Gasteiger partial charge in [-0.05, 0) is 26.7 Å². The van der Waals surface area contributed by atoms with E-state index in [2.05, 4.69) is 10.6 Å². The fourth-order valence-electron chi connectivity index (χ4n) is 2.51. The molecule has 5 amide bonds. The number of nitrogens with two attached hydrogens (primary N) is 3. The molecule has 188 valence electrons. The summed E-state index contributed by atoms with van der Waals surface area (Å²) in [4.78, 5) is 71.0. The average Bonchev–Trinajstić information content (AvgIpc) is 2.69. The average molecular weight is 476 g/mol. The number of carboxylic acids is 1. The summed E-state index contributed by atoms with van der Waals surface area (Å²) in [5.74, 6) is -6.08. The van der Waals surface area contributed by atoms with Gasteiger partial charge >= 0.3 is 5.97 Å². The lowest BCUT2D eigenvalue weighted by Gasteiger charge is -2.26. The molecule has 0 aromatic rings. The number of hydrogen-bond acceptors (Lipinski definition) is 9. The first kappa shape index (κ1) is 29.7. The number of hydrogen-bond donors (Lipinski definition) is 9. The number of rotatable bonds is 15. The zero-order valence-electron chi connectivity index (χ0n) is 18.3. The summed E-state index contributed by atoms with van der Waals surface area (Å²) in [6, 6.07) is -6.00. The molecule has 0 rings (SSSR count). The van der Waals surface area contributed by atoms with Crippen molar-refractivity contribution in [3.05, 3.63) is 0 Å². The van der Waals surface area contributed by atoms with E-state index in [4.69, 9.17) is 22.3 Å². The van der Waals surface area contributed by atoms with Crippen molar-refractivity contribution < 1.29 is 44.1 Å². The molecule has 0 fully saturated rings. The second-order valence-electron chi connectivity index (χ2n) is 7.46. The summed E-state index contributed by atoms with van der Waals surface area (Å²) >= 11 is 0. The van der Waals surface area contributed by atoms with Crippen LogP contribution < -0.4 is 33.2 Å². The molecule has 6 unspecified atom stereocenters. The number of carbonyl (C=O) groups is 6.